The normalized spacial score (nSPS) is 16.1. The Hall–Kier alpha value is -1.64. The Morgan fingerprint density at radius 1 is 1.27 bits per heavy atom. The topological polar surface area (TPSA) is 70.7 Å². The van der Waals surface area contributed by atoms with Crippen LogP contribution in [0.5, 0.6) is 0 Å². The molecule has 0 aromatic heterocycles. The van der Waals surface area contributed by atoms with Crippen molar-refractivity contribution in [2.24, 2.45) is 0 Å². The van der Waals surface area contributed by atoms with E-state index < -0.39 is 6.04 Å². The van der Waals surface area contributed by atoms with Crippen LogP contribution in [0.1, 0.15) is 13.3 Å². The summed E-state index contributed by atoms with van der Waals surface area (Å²) < 4.78 is 18.3. The van der Waals surface area contributed by atoms with Crippen molar-refractivity contribution in [3.8, 4) is 0 Å². The monoisotopic (exact) mass is 383 g/mol. The second kappa shape index (κ2) is 11.2. The molecule has 144 valence electrons. The Kier molecular flexibility index (Phi) is 8.87. The average molecular weight is 383 g/mol. The van der Waals surface area contributed by atoms with Gasteiger partial charge < -0.3 is 15.4 Å². The van der Waals surface area contributed by atoms with Crippen molar-refractivity contribution in [3.05, 3.63) is 30.1 Å². The number of amides is 2. The summed E-state index contributed by atoms with van der Waals surface area (Å²) in [6.45, 7) is 6.25. The van der Waals surface area contributed by atoms with Gasteiger partial charge in [0.2, 0.25) is 11.8 Å². The van der Waals surface area contributed by atoms with Crippen molar-refractivity contribution in [2.75, 3.05) is 45.1 Å². The Balaban J connectivity index is 1.74. The fourth-order valence-electron chi connectivity index (χ4n) is 2.60. The van der Waals surface area contributed by atoms with Gasteiger partial charge in [0.05, 0.1) is 13.2 Å². The van der Waals surface area contributed by atoms with Crippen LogP contribution in [0.2, 0.25) is 0 Å². The molecule has 1 aliphatic heterocycles. The molecule has 8 heteroatoms. The molecule has 2 N–H and O–H groups in total. The quantitative estimate of drug-likeness (QED) is 0.496. The fourth-order valence-corrected chi connectivity index (χ4v) is 3.52. The predicted molar refractivity (Wildman–Crippen MR) is 99.6 cm³/mol. The lowest BCUT2D eigenvalue weighted by molar-refractivity contribution is -0.127. The number of hydrogen-bond acceptors (Lipinski definition) is 5. The summed E-state index contributed by atoms with van der Waals surface area (Å²) in [6, 6.07) is 5.45. The average Bonchev–Trinajstić information content (AvgIpc) is 2.64. The molecule has 0 spiro atoms. The lowest BCUT2D eigenvalue weighted by Crippen LogP contribution is -2.48. The summed E-state index contributed by atoms with van der Waals surface area (Å²) in [5.74, 6) is -0.360. The van der Waals surface area contributed by atoms with Crippen LogP contribution in [0, 0.1) is 5.82 Å². The van der Waals surface area contributed by atoms with Gasteiger partial charge in [-0.2, -0.15) is 0 Å². The van der Waals surface area contributed by atoms with Gasteiger partial charge in [-0.1, -0.05) is 0 Å². The number of hydrogen-bond donors (Lipinski definition) is 2. The smallest absolute Gasteiger partial charge is 0.243 e. The van der Waals surface area contributed by atoms with Gasteiger partial charge in [-0.15, -0.1) is 11.8 Å². The Morgan fingerprint density at radius 2 is 1.96 bits per heavy atom. The maximum Gasteiger partial charge on any atom is 0.243 e. The fraction of sp³-hybridized carbons (Fsp3) is 0.556. The number of morpholine rings is 1. The van der Waals surface area contributed by atoms with Crippen molar-refractivity contribution in [1.82, 2.24) is 15.5 Å². The van der Waals surface area contributed by atoms with E-state index in [1.54, 1.807) is 12.1 Å². The molecule has 2 amide bonds. The zero-order valence-corrected chi connectivity index (χ0v) is 15.8. The lowest BCUT2D eigenvalue weighted by atomic mass is 10.3. The number of halogens is 1. The molecule has 1 fully saturated rings. The molecule has 0 bridgehead atoms. The molecule has 1 unspecified atom stereocenters. The molecule has 1 aromatic rings. The van der Waals surface area contributed by atoms with E-state index in [9.17, 15) is 14.0 Å². The maximum atomic E-state index is 13.0. The molecule has 26 heavy (non-hydrogen) atoms. The first kappa shape index (κ1) is 20.7. The molecule has 1 aliphatic rings. The van der Waals surface area contributed by atoms with E-state index in [1.165, 1.54) is 30.8 Å². The molecular weight excluding hydrogens is 357 g/mol. The van der Waals surface area contributed by atoms with E-state index in [4.69, 9.17) is 4.74 Å². The van der Waals surface area contributed by atoms with Crippen LogP contribution < -0.4 is 10.6 Å². The first-order valence-corrected chi connectivity index (χ1v) is 9.76. The van der Waals surface area contributed by atoms with Crippen LogP contribution in [0.3, 0.4) is 0 Å². The lowest BCUT2D eigenvalue weighted by Gasteiger charge is -2.26. The van der Waals surface area contributed by atoms with E-state index in [-0.39, 0.29) is 17.6 Å². The zero-order chi connectivity index (χ0) is 18.8. The van der Waals surface area contributed by atoms with Crippen molar-refractivity contribution < 1.29 is 18.7 Å². The third kappa shape index (κ3) is 7.72. The Bertz CT molecular complexity index is 580. The van der Waals surface area contributed by atoms with E-state index in [0.717, 1.165) is 44.2 Å². The van der Waals surface area contributed by atoms with Gasteiger partial charge in [-0.3, -0.25) is 14.5 Å². The van der Waals surface area contributed by atoms with Gasteiger partial charge >= 0.3 is 0 Å². The number of nitrogens with one attached hydrogen (secondary N) is 2. The summed E-state index contributed by atoms with van der Waals surface area (Å²) in [7, 11) is 0. The summed E-state index contributed by atoms with van der Waals surface area (Å²) >= 11 is 1.41. The first-order chi connectivity index (χ1) is 12.5. The highest BCUT2D eigenvalue weighted by Crippen LogP contribution is 2.19. The molecule has 0 radical (unpaired) electrons. The maximum absolute atomic E-state index is 13.0. The molecule has 0 saturated carbocycles. The first-order valence-electron chi connectivity index (χ1n) is 8.78. The standard InChI is InChI=1S/C18H26FN3O3S/c1-14(23)21-17(13-26-16-5-3-15(19)4-6-16)18(24)20-7-2-8-22-9-11-25-12-10-22/h3-6,17H,2,7-13H2,1H3,(H,20,24)(H,21,23). The second-order valence-electron chi connectivity index (χ2n) is 6.12. The largest absolute Gasteiger partial charge is 0.379 e. The molecule has 0 aliphatic carbocycles. The number of benzene rings is 1. The minimum absolute atomic E-state index is 0.197. The van der Waals surface area contributed by atoms with E-state index >= 15 is 0 Å². The Labute approximate surface area is 157 Å². The van der Waals surface area contributed by atoms with Crippen molar-refractivity contribution >= 4 is 23.6 Å². The van der Waals surface area contributed by atoms with Gasteiger partial charge in [0.25, 0.3) is 0 Å². The number of carbonyl (C=O) groups excluding carboxylic acids is 2. The van der Waals surface area contributed by atoms with E-state index in [1.807, 2.05) is 0 Å². The third-order valence-corrected chi connectivity index (χ3v) is 5.08. The summed E-state index contributed by atoms with van der Waals surface area (Å²) in [5, 5.41) is 5.57. The second-order valence-corrected chi connectivity index (χ2v) is 7.21. The molecule has 1 aromatic carbocycles. The summed E-state index contributed by atoms with van der Waals surface area (Å²) in [5.41, 5.74) is 0. The molecule has 1 heterocycles. The molecule has 1 saturated heterocycles. The van der Waals surface area contributed by atoms with Gasteiger partial charge in [0.15, 0.2) is 0 Å². The Morgan fingerprint density at radius 3 is 2.62 bits per heavy atom. The highest BCUT2D eigenvalue weighted by molar-refractivity contribution is 7.99. The molecule has 1 atom stereocenters. The SMILES string of the molecule is CC(=O)NC(CSc1ccc(F)cc1)C(=O)NCCCN1CCOCC1. The van der Waals surface area contributed by atoms with Crippen LogP contribution in [0.25, 0.3) is 0 Å². The van der Waals surface area contributed by atoms with Gasteiger partial charge in [-0.25, -0.2) is 4.39 Å². The van der Waals surface area contributed by atoms with E-state index in [0.29, 0.717) is 12.3 Å². The highest BCUT2D eigenvalue weighted by Gasteiger charge is 2.19. The number of ether oxygens (including phenoxy) is 1. The predicted octanol–water partition coefficient (Wildman–Crippen LogP) is 1.26. The zero-order valence-electron chi connectivity index (χ0n) is 15.0. The van der Waals surface area contributed by atoms with Gasteiger partial charge in [0.1, 0.15) is 11.9 Å². The van der Waals surface area contributed by atoms with Crippen molar-refractivity contribution in [3.63, 3.8) is 0 Å². The van der Waals surface area contributed by atoms with Crippen molar-refractivity contribution in [2.45, 2.75) is 24.3 Å². The van der Waals surface area contributed by atoms with E-state index in [2.05, 4.69) is 15.5 Å². The number of rotatable bonds is 9. The van der Waals surface area contributed by atoms with Crippen LogP contribution in [0.4, 0.5) is 4.39 Å². The summed E-state index contributed by atoms with van der Waals surface area (Å²) in [6.07, 6.45) is 0.851. The van der Waals surface area contributed by atoms with Crippen LogP contribution >= 0.6 is 11.8 Å². The minimum Gasteiger partial charge on any atom is -0.379 e. The summed E-state index contributed by atoms with van der Waals surface area (Å²) in [4.78, 5) is 26.9. The van der Waals surface area contributed by atoms with Crippen molar-refractivity contribution in [1.29, 1.82) is 0 Å². The molecule has 2 rings (SSSR count). The molecule has 6 nitrogen and oxygen atoms in total. The molecular formula is C18H26FN3O3S. The van der Waals surface area contributed by atoms with Crippen LogP contribution in [0.15, 0.2) is 29.2 Å². The van der Waals surface area contributed by atoms with Crippen LogP contribution in [-0.4, -0.2) is 67.9 Å². The highest BCUT2D eigenvalue weighted by atomic mass is 32.2. The third-order valence-electron chi connectivity index (χ3n) is 3.98. The number of carbonyl (C=O) groups is 2. The van der Waals surface area contributed by atoms with Gasteiger partial charge in [-0.05, 0) is 37.2 Å². The van der Waals surface area contributed by atoms with Crippen LogP contribution in [-0.2, 0) is 14.3 Å². The minimum atomic E-state index is -0.620. The number of thioether (sulfide) groups is 1. The number of nitrogens with zero attached hydrogens (tertiary/aromatic N) is 1. The van der Waals surface area contributed by atoms with Gasteiger partial charge in [0, 0.05) is 37.2 Å².